The minimum atomic E-state index is -0.403. The number of benzene rings is 2. The first-order valence-corrected chi connectivity index (χ1v) is 8.54. The summed E-state index contributed by atoms with van der Waals surface area (Å²) >= 11 is 0. The number of anilines is 1. The van der Waals surface area contributed by atoms with Crippen molar-refractivity contribution < 1.29 is 9.53 Å². The lowest BCUT2D eigenvalue weighted by Crippen LogP contribution is -2.25. The van der Waals surface area contributed by atoms with Crippen molar-refractivity contribution in [3.63, 3.8) is 0 Å². The van der Waals surface area contributed by atoms with E-state index in [4.69, 9.17) is 4.74 Å². The number of hydrogen-bond acceptors (Lipinski definition) is 6. The van der Waals surface area contributed by atoms with Gasteiger partial charge in [0, 0.05) is 11.1 Å². The first-order valence-electron chi connectivity index (χ1n) is 8.54. The maximum absolute atomic E-state index is 13.1. The highest BCUT2D eigenvalue weighted by Gasteiger charge is 2.41. The Balaban J connectivity index is 1.63. The number of nitrogens with zero attached hydrogens (tertiary/aromatic N) is 4. The van der Waals surface area contributed by atoms with E-state index >= 15 is 0 Å². The van der Waals surface area contributed by atoms with Crippen LogP contribution < -0.4 is 10.1 Å². The van der Waals surface area contributed by atoms with Crippen LogP contribution in [-0.2, 0) is 0 Å². The summed E-state index contributed by atoms with van der Waals surface area (Å²) in [5, 5.41) is 15.2. The molecule has 1 N–H and O–H groups in total. The Morgan fingerprint density at radius 2 is 1.93 bits per heavy atom. The Morgan fingerprint density at radius 3 is 2.70 bits per heavy atom. The van der Waals surface area contributed by atoms with Gasteiger partial charge in [-0.05, 0) is 28.1 Å². The predicted octanol–water partition coefficient (Wildman–Crippen LogP) is 2.86. The number of tetrazole rings is 1. The second-order valence-corrected chi connectivity index (χ2v) is 6.31. The van der Waals surface area contributed by atoms with Gasteiger partial charge in [0.1, 0.15) is 18.4 Å². The molecule has 1 atom stereocenters. The summed E-state index contributed by atoms with van der Waals surface area (Å²) in [5.74, 6) is 1.24. The highest BCUT2D eigenvalue weighted by atomic mass is 16.5. The molecule has 1 aliphatic heterocycles. The molecule has 27 heavy (non-hydrogen) atoms. The van der Waals surface area contributed by atoms with Crippen molar-refractivity contribution in [2.75, 3.05) is 11.9 Å². The number of allylic oxidation sites excluding steroid dienone is 1. The van der Waals surface area contributed by atoms with Crippen LogP contribution in [0.15, 0.2) is 66.8 Å². The van der Waals surface area contributed by atoms with Crippen molar-refractivity contribution in [1.82, 2.24) is 20.2 Å². The van der Waals surface area contributed by atoms with E-state index in [-0.39, 0.29) is 5.78 Å². The normalized spacial score (nSPS) is 17.0. The van der Waals surface area contributed by atoms with Crippen LogP contribution in [-0.4, -0.2) is 32.6 Å². The minimum absolute atomic E-state index is 0.00812. The van der Waals surface area contributed by atoms with E-state index in [0.29, 0.717) is 23.7 Å². The molecule has 0 saturated heterocycles. The van der Waals surface area contributed by atoms with Crippen molar-refractivity contribution in [3.05, 3.63) is 83.4 Å². The van der Waals surface area contributed by atoms with Crippen molar-refractivity contribution in [3.8, 4) is 5.75 Å². The first kappa shape index (κ1) is 15.5. The van der Waals surface area contributed by atoms with E-state index in [9.17, 15) is 4.79 Å². The van der Waals surface area contributed by atoms with E-state index in [1.807, 2.05) is 48.5 Å². The number of fused-ring (bicyclic) bond motifs is 3. The zero-order valence-electron chi connectivity index (χ0n) is 14.3. The Hall–Kier alpha value is -3.74. The summed E-state index contributed by atoms with van der Waals surface area (Å²) < 4.78 is 7.20. The minimum Gasteiger partial charge on any atom is -0.490 e. The fourth-order valence-corrected chi connectivity index (χ4v) is 3.59. The van der Waals surface area contributed by atoms with Crippen LogP contribution in [0.25, 0.3) is 5.70 Å². The summed E-state index contributed by atoms with van der Waals surface area (Å²) in [6.07, 6.45) is 1.69. The first-order chi connectivity index (χ1) is 13.3. The molecule has 7 heteroatoms. The second kappa shape index (κ2) is 5.91. The molecule has 2 aliphatic rings. The van der Waals surface area contributed by atoms with Crippen molar-refractivity contribution in [1.29, 1.82) is 0 Å². The highest BCUT2D eigenvalue weighted by Crippen LogP contribution is 2.44. The number of carbonyl (C=O) groups excluding carboxylic acids is 1. The average Bonchev–Trinajstić information content (AvgIpc) is 3.29. The van der Waals surface area contributed by atoms with Crippen LogP contribution in [0, 0.1) is 0 Å². The predicted molar refractivity (Wildman–Crippen MR) is 99.4 cm³/mol. The lowest BCUT2D eigenvalue weighted by Gasteiger charge is -2.25. The number of hydrogen-bond donors (Lipinski definition) is 1. The second-order valence-electron chi connectivity index (χ2n) is 6.31. The van der Waals surface area contributed by atoms with Gasteiger partial charge in [0.15, 0.2) is 5.78 Å². The van der Waals surface area contributed by atoms with Crippen LogP contribution >= 0.6 is 0 Å². The number of aromatic nitrogens is 4. The highest BCUT2D eigenvalue weighted by molar-refractivity contribution is 6.23. The molecule has 1 aliphatic carbocycles. The quantitative estimate of drug-likeness (QED) is 0.723. The third-order valence-electron chi connectivity index (χ3n) is 4.77. The van der Waals surface area contributed by atoms with Crippen LogP contribution in [0.1, 0.15) is 27.5 Å². The Bertz CT molecular complexity index is 1100. The summed E-state index contributed by atoms with van der Waals surface area (Å²) in [6.45, 7) is 4.09. The van der Waals surface area contributed by atoms with Gasteiger partial charge in [0.2, 0.25) is 5.95 Å². The fraction of sp³-hybridized carbons (Fsp3) is 0.100. The number of Topliss-reactive ketones (excluding diaryl/α,β-unsaturated/α-hetero) is 1. The Labute approximate surface area is 155 Å². The largest absolute Gasteiger partial charge is 0.490 e. The van der Waals surface area contributed by atoms with Gasteiger partial charge in [0.25, 0.3) is 0 Å². The molecule has 0 amide bonds. The number of carbonyl (C=O) groups is 1. The zero-order chi connectivity index (χ0) is 18.4. The maximum atomic E-state index is 13.1. The number of ether oxygens (including phenoxy) is 1. The van der Waals surface area contributed by atoms with Crippen LogP contribution in [0.4, 0.5) is 5.95 Å². The zero-order valence-corrected chi connectivity index (χ0v) is 14.3. The Morgan fingerprint density at radius 1 is 1.15 bits per heavy atom. The molecular formula is C20H15N5O2. The van der Waals surface area contributed by atoms with E-state index < -0.39 is 6.04 Å². The SMILES string of the molecule is C=CCOc1ccc([C@H]2C3=C(Nc4nnnn42)c2ccccc2C3=O)cc1. The van der Waals surface area contributed by atoms with Crippen LogP contribution in [0.5, 0.6) is 5.75 Å². The lowest BCUT2D eigenvalue weighted by molar-refractivity contribution is 0.102. The molecular weight excluding hydrogens is 342 g/mol. The smallest absolute Gasteiger partial charge is 0.248 e. The molecule has 0 spiro atoms. The maximum Gasteiger partial charge on any atom is 0.248 e. The van der Waals surface area contributed by atoms with Gasteiger partial charge in [-0.1, -0.05) is 54.2 Å². The standard InChI is InChI=1S/C20H15N5O2/c1-2-11-27-13-9-7-12(8-10-13)18-16-17(21-20-22-23-24-25(18)20)14-5-3-4-6-15(14)19(16)26/h2-10,18H,1,11H2,(H,21,22,24)/t18-/m0/s1. The van der Waals surface area contributed by atoms with Crippen molar-refractivity contribution in [2.45, 2.75) is 6.04 Å². The van der Waals surface area contributed by atoms with E-state index in [2.05, 4.69) is 27.4 Å². The molecule has 3 aromatic rings. The summed E-state index contributed by atoms with van der Waals surface area (Å²) in [7, 11) is 0. The van der Waals surface area contributed by atoms with E-state index in [0.717, 1.165) is 22.6 Å². The van der Waals surface area contributed by atoms with Crippen molar-refractivity contribution >= 4 is 17.4 Å². The average molecular weight is 357 g/mol. The van der Waals surface area contributed by atoms with Gasteiger partial charge in [-0.25, -0.2) is 0 Å². The third kappa shape index (κ3) is 2.28. The molecule has 7 nitrogen and oxygen atoms in total. The molecule has 2 heterocycles. The van der Waals surface area contributed by atoms with E-state index in [1.165, 1.54) is 0 Å². The summed E-state index contributed by atoms with van der Waals surface area (Å²) in [4.78, 5) is 13.1. The Kier molecular flexibility index (Phi) is 3.39. The molecule has 132 valence electrons. The molecule has 5 rings (SSSR count). The van der Waals surface area contributed by atoms with E-state index in [1.54, 1.807) is 10.8 Å². The fourth-order valence-electron chi connectivity index (χ4n) is 3.59. The molecule has 1 aromatic heterocycles. The topological polar surface area (TPSA) is 81.9 Å². The van der Waals surface area contributed by atoms with Gasteiger partial charge in [-0.2, -0.15) is 4.68 Å². The number of rotatable bonds is 4. The molecule has 0 saturated carbocycles. The molecule has 2 aromatic carbocycles. The lowest BCUT2D eigenvalue weighted by atomic mass is 9.94. The van der Waals surface area contributed by atoms with Gasteiger partial charge in [-0.15, -0.1) is 0 Å². The summed E-state index contributed by atoms with van der Waals surface area (Å²) in [5.41, 5.74) is 3.89. The molecule has 0 radical (unpaired) electrons. The number of nitrogens with one attached hydrogen (secondary N) is 1. The van der Waals surface area contributed by atoms with Gasteiger partial charge in [0.05, 0.1) is 11.3 Å². The van der Waals surface area contributed by atoms with Gasteiger partial charge >= 0.3 is 0 Å². The number of ketones is 1. The molecule has 0 unspecified atom stereocenters. The third-order valence-corrected chi connectivity index (χ3v) is 4.77. The van der Waals surface area contributed by atoms with Crippen molar-refractivity contribution in [2.24, 2.45) is 0 Å². The van der Waals surface area contributed by atoms with Crippen LogP contribution in [0.3, 0.4) is 0 Å². The monoisotopic (exact) mass is 357 g/mol. The molecule has 0 bridgehead atoms. The molecule has 0 fully saturated rings. The van der Waals surface area contributed by atoms with Gasteiger partial charge in [-0.3, -0.25) is 4.79 Å². The van der Waals surface area contributed by atoms with Crippen LogP contribution in [0.2, 0.25) is 0 Å². The van der Waals surface area contributed by atoms with Gasteiger partial charge < -0.3 is 10.1 Å². The summed E-state index contributed by atoms with van der Waals surface area (Å²) in [6, 6.07) is 14.8.